The number of benzene rings is 2. The van der Waals surface area contributed by atoms with Crippen LogP contribution in [-0.4, -0.2) is 9.55 Å². The highest BCUT2D eigenvalue weighted by Crippen LogP contribution is 2.31. The van der Waals surface area contributed by atoms with E-state index in [-0.39, 0.29) is 5.82 Å². The second-order valence-electron chi connectivity index (χ2n) is 5.23. The maximum Gasteiger partial charge on any atom is 0.151 e. The Morgan fingerprint density at radius 3 is 2.71 bits per heavy atom. The first-order chi connectivity index (χ1) is 10.1. The lowest BCUT2D eigenvalue weighted by atomic mass is 10.1. The quantitative estimate of drug-likeness (QED) is 0.734. The second kappa shape index (κ2) is 5.20. The van der Waals surface area contributed by atoms with Crippen molar-refractivity contribution in [2.45, 2.75) is 26.8 Å². The molecule has 0 atom stereocenters. The Bertz CT molecular complexity index is 805. The van der Waals surface area contributed by atoms with E-state index in [0.29, 0.717) is 11.2 Å². The van der Waals surface area contributed by atoms with Gasteiger partial charge in [-0.25, -0.2) is 9.37 Å². The van der Waals surface area contributed by atoms with Gasteiger partial charge in [-0.2, -0.15) is 0 Å². The van der Waals surface area contributed by atoms with Crippen LogP contribution in [0.3, 0.4) is 0 Å². The topological polar surface area (TPSA) is 43.8 Å². The molecule has 1 aromatic heterocycles. The molecule has 0 spiro atoms. The van der Waals surface area contributed by atoms with Gasteiger partial charge < -0.3 is 10.3 Å². The molecule has 4 heteroatoms. The van der Waals surface area contributed by atoms with E-state index in [1.807, 2.05) is 35.8 Å². The molecule has 0 radical (unpaired) electrons. The van der Waals surface area contributed by atoms with Gasteiger partial charge in [0.05, 0.1) is 5.52 Å². The minimum absolute atomic E-state index is 0.296. The van der Waals surface area contributed by atoms with Crippen LogP contribution >= 0.6 is 0 Å². The number of aromatic nitrogens is 2. The van der Waals surface area contributed by atoms with Gasteiger partial charge in [0, 0.05) is 17.8 Å². The molecular formula is C17H18FN3. The molecular weight excluding hydrogens is 265 g/mol. The SMILES string of the molecule is CCCn1c(-c2cccc(C)c2N)nc2c(F)cccc21. The van der Waals surface area contributed by atoms with Crippen LogP contribution in [0.5, 0.6) is 0 Å². The zero-order valence-electron chi connectivity index (χ0n) is 12.2. The molecule has 2 aromatic carbocycles. The zero-order chi connectivity index (χ0) is 15.0. The molecule has 0 aliphatic heterocycles. The van der Waals surface area contributed by atoms with E-state index in [4.69, 9.17) is 5.73 Å². The van der Waals surface area contributed by atoms with E-state index in [9.17, 15) is 4.39 Å². The largest absolute Gasteiger partial charge is 0.398 e. The van der Waals surface area contributed by atoms with Gasteiger partial charge in [-0.15, -0.1) is 0 Å². The highest BCUT2D eigenvalue weighted by molar-refractivity contribution is 5.84. The number of aryl methyl sites for hydroxylation is 2. The van der Waals surface area contributed by atoms with E-state index in [0.717, 1.165) is 35.4 Å². The third kappa shape index (κ3) is 2.17. The first-order valence-electron chi connectivity index (χ1n) is 7.13. The number of anilines is 1. The van der Waals surface area contributed by atoms with Gasteiger partial charge in [0.2, 0.25) is 0 Å². The average molecular weight is 283 g/mol. The Balaban J connectivity index is 2.33. The first kappa shape index (κ1) is 13.6. The lowest BCUT2D eigenvalue weighted by Crippen LogP contribution is -2.02. The smallest absolute Gasteiger partial charge is 0.151 e. The molecule has 0 unspecified atom stereocenters. The molecule has 3 nitrogen and oxygen atoms in total. The summed E-state index contributed by atoms with van der Waals surface area (Å²) in [7, 11) is 0. The van der Waals surface area contributed by atoms with E-state index in [2.05, 4.69) is 11.9 Å². The summed E-state index contributed by atoms with van der Waals surface area (Å²) in [5.74, 6) is 0.438. The lowest BCUT2D eigenvalue weighted by molar-refractivity contribution is 0.637. The molecule has 0 saturated carbocycles. The normalized spacial score (nSPS) is 11.2. The fraction of sp³-hybridized carbons (Fsp3) is 0.235. The van der Waals surface area contributed by atoms with Gasteiger partial charge >= 0.3 is 0 Å². The Hall–Kier alpha value is -2.36. The fourth-order valence-corrected chi connectivity index (χ4v) is 2.64. The van der Waals surface area contributed by atoms with Gasteiger partial charge in [-0.05, 0) is 37.1 Å². The van der Waals surface area contributed by atoms with Gasteiger partial charge in [0.25, 0.3) is 0 Å². The van der Waals surface area contributed by atoms with Crippen molar-refractivity contribution in [2.75, 3.05) is 5.73 Å². The number of hydrogen-bond acceptors (Lipinski definition) is 2. The summed E-state index contributed by atoms with van der Waals surface area (Å²) in [6, 6.07) is 10.9. The van der Waals surface area contributed by atoms with Crippen LogP contribution in [0.15, 0.2) is 36.4 Å². The molecule has 0 fully saturated rings. The average Bonchev–Trinajstić information content (AvgIpc) is 2.83. The van der Waals surface area contributed by atoms with Crippen LogP contribution in [0.2, 0.25) is 0 Å². The van der Waals surface area contributed by atoms with Crippen LogP contribution in [0.1, 0.15) is 18.9 Å². The number of halogens is 1. The number of imidazole rings is 1. The number of nitrogens with zero attached hydrogens (tertiary/aromatic N) is 2. The van der Waals surface area contributed by atoms with E-state index < -0.39 is 0 Å². The van der Waals surface area contributed by atoms with Crippen LogP contribution in [0, 0.1) is 12.7 Å². The molecule has 0 amide bonds. The van der Waals surface area contributed by atoms with Crippen molar-refractivity contribution >= 4 is 16.7 Å². The third-order valence-corrected chi connectivity index (χ3v) is 3.74. The molecule has 0 aliphatic carbocycles. The van der Waals surface area contributed by atoms with Crippen molar-refractivity contribution in [3.05, 3.63) is 47.8 Å². The molecule has 108 valence electrons. The first-order valence-corrected chi connectivity index (χ1v) is 7.13. The number of nitrogens with two attached hydrogens (primary N) is 1. The van der Waals surface area contributed by atoms with Crippen molar-refractivity contribution in [1.29, 1.82) is 0 Å². The summed E-state index contributed by atoms with van der Waals surface area (Å²) in [5, 5.41) is 0. The number of fused-ring (bicyclic) bond motifs is 1. The Labute approximate surface area is 123 Å². The fourth-order valence-electron chi connectivity index (χ4n) is 2.64. The zero-order valence-corrected chi connectivity index (χ0v) is 12.2. The third-order valence-electron chi connectivity index (χ3n) is 3.74. The summed E-state index contributed by atoms with van der Waals surface area (Å²) >= 11 is 0. The number of hydrogen-bond donors (Lipinski definition) is 1. The van der Waals surface area contributed by atoms with E-state index in [1.54, 1.807) is 6.07 Å². The van der Waals surface area contributed by atoms with Crippen molar-refractivity contribution in [3.63, 3.8) is 0 Å². The maximum absolute atomic E-state index is 14.0. The van der Waals surface area contributed by atoms with Crippen molar-refractivity contribution in [2.24, 2.45) is 0 Å². The van der Waals surface area contributed by atoms with Crippen molar-refractivity contribution in [1.82, 2.24) is 9.55 Å². The highest BCUT2D eigenvalue weighted by atomic mass is 19.1. The summed E-state index contributed by atoms with van der Waals surface area (Å²) in [6.45, 7) is 4.84. The minimum atomic E-state index is -0.296. The van der Waals surface area contributed by atoms with Gasteiger partial charge in [-0.3, -0.25) is 0 Å². The molecule has 3 aromatic rings. The molecule has 1 heterocycles. The maximum atomic E-state index is 14.0. The molecule has 21 heavy (non-hydrogen) atoms. The summed E-state index contributed by atoms with van der Waals surface area (Å²) < 4.78 is 16.1. The number of nitrogen functional groups attached to an aromatic ring is 1. The Morgan fingerprint density at radius 2 is 1.95 bits per heavy atom. The molecule has 2 N–H and O–H groups in total. The van der Waals surface area contributed by atoms with Crippen LogP contribution in [0.4, 0.5) is 10.1 Å². The van der Waals surface area contributed by atoms with Gasteiger partial charge in [0.1, 0.15) is 11.3 Å². The summed E-state index contributed by atoms with van der Waals surface area (Å²) in [4.78, 5) is 4.51. The molecule has 0 saturated heterocycles. The van der Waals surface area contributed by atoms with Gasteiger partial charge in [-0.1, -0.05) is 25.1 Å². The standard InChI is InChI=1S/C17H18FN3/c1-3-10-21-14-9-5-8-13(18)16(14)20-17(21)12-7-4-6-11(2)15(12)19/h4-9H,3,10,19H2,1-2H3. The molecule has 0 bridgehead atoms. The van der Waals surface area contributed by atoms with Gasteiger partial charge in [0.15, 0.2) is 5.82 Å². The Kier molecular flexibility index (Phi) is 3.37. The van der Waals surface area contributed by atoms with Crippen LogP contribution in [-0.2, 0) is 6.54 Å². The lowest BCUT2D eigenvalue weighted by Gasteiger charge is -2.11. The second-order valence-corrected chi connectivity index (χ2v) is 5.23. The predicted octanol–water partition coefficient (Wildman–Crippen LogP) is 4.14. The number of para-hydroxylation sites is 2. The minimum Gasteiger partial charge on any atom is -0.398 e. The van der Waals surface area contributed by atoms with Crippen molar-refractivity contribution < 1.29 is 4.39 Å². The van der Waals surface area contributed by atoms with Crippen LogP contribution in [0.25, 0.3) is 22.4 Å². The summed E-state index contributed by atoms with van der Waals surface area (Å²) in [5.41, 5.74) is 9.97. The summed E-state index contributed by atoms with van der Waals surface area (Å²) in [6.07, 6.45) is 0.945. The number of rotatable bonds is 3. The highest BCUT2D eigenvalue weighted by Gasteiger charge is 2.16. The monoisotopic (exact) mass is 283 g/mol. The predicted molar refractivity (Wildman–Crippen MR) is 84.6 cm³/mol. The molecule has 0 aliphatic rings. The van der Waals surface area contributed by atoms with E-state index >= 15 is 0 Å². The Morgan fingerprint density at radius 1 is 1.19 bits per heavy atom. The van der Waals surface area contributed by atoms with E-state index in [1.165, 1.54) is 6.07 Å². The molecule has 3 rings (SSSR count). The van der Waals surface area contributed by atoms with Crippen molar-refractivity contribution in [3.8, 4) is 11.4 Å². The van der Waals surface area contributed by atoms with Crippen LogP contribution < -0.4 is 5.73 Å².